The van der Waals surface area contributed by atoms with Gasteiger partial charge in [0.1, 0.15) is 0 Å². The van der Waals surface area contributed by atoms with Gasteiger partial charge < -0.3 is 9.47 Å². The Kier molecular flexibility index (Phi) is 8.44. The van der Waals surface area contributed by atoms with Crippen LogP contribution in [0.5, 0.6) is 0 Å². The van der Waals surface area contributed by atoms with Crippen LogP contribution in [0.15, 0.2) is 0 Å². The van der Waals surface area contributed by atoms with Crippen molar-refractivity contribution in [2.45, 2.75) is 59.3 Å². The van der Waals surface area contributed by atoms with E-state index < -0.39 is 17.9 Å². The molecule has 0 radical (unpaired) electrons. The van der Waals surface area contributed by atoms with Crippen LogP contribution in [0.3, 0.4) is 0 Å². The van der Waals surface area contributed by atoms with Crippen LogP contribution in [-0.2, 0) is 19.1 Å². The molecule has 0 aromatic carbocycles. The Bertz CT molecular complexity index is 262. The maximum absolute atomic E-state index is 11.4. The molecule has 0 unspecified atom stereocenters. The van der Waals surface area contributed by atoms with Crippen LogP contribution in [0.2, 0.25) is 0 Å². The van der Waals surface area contributed by atoms with Crippen LogP contribution >= 0.6 is 0 Å². The second kappa shape index (κ2) is 8.94. The predicted molar refractivity (Wildman–Crippen MR) is 74.7 cm³/mol. The van der Waals surface area contributed by atoms with Crippen molar-refractivity contribution in [3.05, 3.63) is 0 Å². The number of hydrogen-bond acceptors (Lipinski definition) is 4. The first-order valence-corrected chi connectivity index (χ1v) is 6.97. The highest BCUT2D eigenvalue weighted by Crippen LogP contribution is 2.23. The van der Waals surface area contributed by atoms with E-state index in [0.717, 1.165) is 19.3 Å². The minimum absolute atomic E-state index is 0.376. The van der Waals surface area contributed by atoms with Crippen molar-refractivity contribution >= 4 is 11.9 Å². The zero-order chi connectivity index (χ0) is 14.9. The lowest BCUT2D eigenvalue weighted by molar-refractivity contribution is -0.159. The van der Waals surface area contributed by atoms with Gasteiger partial charge in [-0.2, -0.15) is 0 Å². The van der Waals surface area contributed by atoms with Crippen molar-refractivity contribution in [1.29, 1.82) is 0 Å². The highest BCUT2D eigenvalue weighted by atomic mass is 16.5. The third kappa shape index (κ3) is 8.62. The summed E-state index contributed by atoms with van der Waals surface area (Å²) in [7, 11) is 2.59. The molecule has 0 aliphatic carbocycles. The molecule has 0 saturated heterocycles. The van der Waals surface area contributed by atoms with E-state index in [0.29, 0.717) is 11.8 Å². The van der Waals surface area contributed by atoms with Crippen molar-refractivity contribution in [3.63, 3.8) is 0 Å². The molecule has 0 aliphatic rings. The Hall–Kier alpha value is -1.06. The molecule has 4 heteroatoms. The first-order valence-electron chi connectivity index (χ1n) is 6.97. The second-order valence-corrected chi connectivity index (χ2v) is 6.11. The van der Waals surface area contributed by atoms with E-state index >= 15 is 0 Å². The number of rotatable bonds is 8. The van der Waals surface area contributed by atoms with Gasteiger partial charge in [-0.25, -0.2) is 0 Å². The molecule has 0 atom stereocenters. The van der Waals surface area contributed by atoms with Gasteiger partial charge in [0, 0.05) is 0 Å². The van der Waals surface area contributed by atoms with Crippen molar-refractivity contribution in [2.75, 3.05) is 14.2 Å². The van der Waals surface area contributed by atoms with Gasteiger partial charge in [-0.3, -0.25) is 9.59 Å². The van der Waals surface area contributed by atoms with E-state index in [1.54, 1.807) is 0 Å². The lowest BCUT2D eigenvalue weighted by Crippen LogP contribution is -2.26. The fourth-order valence-corrected chi connectivity index (χ4v) is 1.97. The number of ether oxygens (including phenoxy) is 2. The average Bonchev–Trinajstić information content (AvgIpc) is 2.35. The summed E-state index contributed by atoms with van der Waals surface area (Å²) in [6.45, 7) is 6.70. The van der Waals surface area contributed by atoms with Gasteiger partial charge >= 0.3 is 11.9 Å². The first kappa shape index (κ1) is 17.9. The molecule has 112 valence electrons. The van der Waals surface area contributed by atoms with Gasteiger partial charge in [0.05, 0.1) is 14.2 Å². The summed E-state index contributed by atoms with van der Waals surface area (Å²) < 4.78 is 9.24. The van der Waals surface area contributed by atoms with E-state index in [1.807, 2.05) is 0 Å². The molecule has 0 heterocycles. The number of hydrogen-bond donors (Lipinski definition) is 0. The Morgan fingerprint density at radius 2 is 1.37 bits per heavy atom. The molecule has 0 aliphatic heterocycles. The fourth-order valence-electron chi connectivity index (χ4n) is 1.97. The molecule has 0 saturated carbocycles. The monoisotopic (exact) mass is 272 g/mol. The molecule has 0 spiro atoms. The smallest absolute Gasteiger partial charge is 0.320 e. The molecular formula is C15H28O4. The van der Waals surface area contributed by atoms with E-state index in [1.165, 1.54) is 27.1 Å². The van der Waals surface area contributed by atoms with Crippen LogP contribution in [0.1, 0.15) is 59.3 Å². The second-order valence-electron chi connectivity index (χ2n) is 6.11. The van der Waals surface area contributed by atoms with E-state index in [9.17, 15) is 9.59 Å². The molecule has 0 fully saturated rings. The summed E-state index contributed by atoms with van der Waals surface area (Å²) in [4.78, 5) is 22.9. The molecule has 0 N–H and O–H groups in total. The SMILES string of the molecule is COC(=O)C(CCCCCCC(C)(C)C)C(=O)OC. The molecule has 0 rings (SSSR count). The van der Waals surface area contributed by atoms with Gasteiger partial charge in [-0.05, 0) is 18.3 Å². The predicted octanol–water partition coefficient (Wildman–Crippen LogP) is 3.34. The Morgan fingerprint density at radius 1 is 0.895 bits per heavy atom. The van der Waals surface area contributed by atoms with Gasteiger partial charge in [0.15, 0.2) is 5.92 Å². The molecule has 0 aromatic heterocycles. The molecule has 19 heavy (non-hydrogen) atoms. The van der Waals surface area contributed by atoms with Crippen molar-refractivity contribution in [2.24, 2.45) is 11.3 Å². The van der Waals surface area contributed by atoms with Gasteiger partial charge in [0.2, 0.25) is 0 Å². The first-order chi connectivity index (χ1) is 8.81. The Labute approximate surface area is 116 Å². The molecule has 0 aromatic rings. The van der Waals surface area contributed by atoms with Gasteiger partial charge in [-0.1, -0.05) is 46.5 Å². The Morgan fingerprint density at radius 3 is 1.79 bits per heavy atom. The molecule has 0 bridgehead atoms. The topological polar surface area (TPSA) is 52.6 Å². The minimum Gasteiger partial charge on any atom is -0.468 e. The maximum Gasteiger partial charge on any atom is 0.320 e. The molecule has 0 amide bonds. The quantitative estimate of drug-likeness (QED) is 0.386. The highest BCUT2D eigenvalue weighted by Gasteiger charge is 2.27. The van der Waals surface area contributed by atoms with Crippen LogP contribution in [0.25, 0.3) is 0 Å². The summed E-state index contributed by atoms with van der Waals surface area (Å²) >= 11 is 0. The van der Waals surface area contributed by atoms with Crippen LogP contribution in [0.4, 0.5) is 0 Å². The summed E-state index contributed by atoms with van der Waals surface area (Å²) in [6.07, 6.45) is 5.90. The zero-order valence-corrected chi connectivity index (χ0v) is 13.0. The standard InChI is InChI=1S/C15H28O4/c1-15(2,3)11-9-7-6-8-10-12(13(16)18-4)14(17)19-5/h12H,6-11H2,1-5H3. The number of carbonyl (C=O) groups is 2. The van der Waals surface area contributed by atoms with Crippen molar-refractivity contribution in [3.8, 4) is 0 Å². The van der Waals surface area contributed by atoms with Crippen LogP contribution < -0.4 is 0 Å². The summed E-state index contributed by atoms with van der Waals surface area (Å²) in [5.74, 6) is -1.76. The zero-order valence-electron chi connectivity index (χ0n) is 13.0. The number of unbranched alkanes of at least 4 members (excludes halogenated alkanes) is 3. The normalized spacial score (nSPS) is 11.5. The highest BCUT2D eigenvalue weighted by molar-refractivity contribution is 5.94. The summed E-state index contributed by atoms with van der Waals surface area (Å²) in [5, 5.41) is 0. The van der Waals surface area contributed by atoms with Crippen LogP contribution in [0, 0.1) is 11.3 Å². The maximum atomic E-state index is 11.4. The lowest BCUT2D eigenvalue weighted by atomic mass is 9.89. The fraction of sp³-hybridized carbons (Fsp3) is 0.867. The van der Waals surface area contributed by atoms with Gasteiger partial charge in [-0.15, -0.1) is 0 Å². The third-order valence-corrected chi connectivity index (χ3v) is 3.14. The van der Waals surface area contributed by atoms with Gasteiger partial charge in [0.25, 0.3) is 0 Å². The summed E-state index contributed by atoms with van der Waals surface area (Å²) in [5.41, 5.74) is 0.376. The molecular weight excluding hydrogens is 244 g/mol. The third-order valence-electron chi connectivity index (χ3n) is 3.14. The van der Waals surface area contributed by atoms with E-state index in [2.05, 4.69) is 30.2 Å². The van der Waals surface area contributed by atoms with Crippen LogP contribution in [-0.4, -0.2) is 26.2 Å². The number of carbonyl (C=O) groups excluding carboxylic acids is 2. The summed E-state index contributed by atoms with van der Waals surface area (Å²) in [6, 6.07) is 0. The Balaban J connectivity index is 3.88. The lowest BCUT2D eigenvalue weighted by Gasteiger charge is -2.17. The average molecular weight is 272 g/mol. The van der Waals surface area contributed by atoms with E-state index in [4.69, 9.17) is 0 Å². The minimum atomic E-state index is -0.766. The van der Waals surface area contributed by atoms with Crippen molar-refractivity contribution in [1.82, 2.24) is 0 Å². The largest absolute Gasteiger partial charge is 0.468 e. The van der Waals surface area contributed by atoms with Crippen molar-refractivity contribution < 1.29 is 19.1 Å². The number of methoxy groups -OCH3 is 2. The van der Waals surface area contributed by atoms with E-state index in [-0.39, 0.29) is 0 Å². The number of esters is 2. The molecule has 4 nitrogen and oxygen atoms in total.